The summed E-state index contributed by atoms with van der Waals surface area (Å²) in [6.07, 6.45) is 5.45. The molecule has 6 heterocycles. The lowest BCUT2D eigenvalue weighted by Crippen LogP contribution is -2.53. The van der Waals surface area contributed by atoms with Crippen LogP contribution < -0.4 is 9.64 Å². The lowest BCUT2D eigenvalue weighted by molar-refractivity contribution is -0.131. The number of halogens is 4. The summed E-state index contributed by atoms with van der Waals surface area (Å²) in [7, 11) is 1.86. The summed E-state index contributed by atoms with van der Waals surface area (Å²) < 4.78 is 53.3. The van der Waals surface area contributed by atoms with Crippen molar-refractivity contribution in [2.45, 2.75) is 37.6 Å². The summed E-state index contributed by atoms with van der Waals surface area (Å²) >= 11 is 6.61. The standard InChI is InChI=1S/C36H34ClF3N8O3/c1-46(17-21-18-47(19-21)27(49)11-10-26-42-33(32(39)40)45-51-26)34-24-16-41-30(23-8-2-6-22-7-3-9-25(37)28(22)23)29(38)31(24)43-35(44-34)50-20-36-12-4-14-48(36)15-5-13-36/h2-3,6-11,16,21,32H,4-5,12-15,17-20H2,1H3/b11-10+. The first-order chi connectivity index (χ1) is 24.7. The fraction of sp³-hybridized carbons (Fsp3) is 0.389. The molecule has 0 bridgehead atoms. The molecule has 0 radical (unpaired) electrons. The minimum Gasteiger partial charge on any atom is -0.461 e. The summed E-state index contributed by atoms with van der Waals surface area (Å²) in [5.41, 5.74) is 0.719. The Bertz CT molecular complexity index is 2140. The molecule has 51 heavy (non-hydrogen) atoms. The minimum absolute atomic E-state index is 0.0584. The van der Waals surface area contributed by atoms with E-state index in [2.05, 4.69) is 25.0 Å². The molecule has 0 saturated carbocycles. The van der Waals surface area contributed by atoms with Gasteiger partial charge in [0.15, 0.2) is 5.82 Å². The van der Waals surface area contributed by atoms with Crippen LogP contribution in [0.1, 0.15) is 43.8 Å². The van der Waals surface area contributed by atoms with Gasteiger partial charge in [-0.25, -0.2) is 13.2 Å². The van der Waals surface area contributed by atoms with Gasteiger partial charge in [-0.15, -0.1) is 0 Å². The molecule has 1 amide bonds. The maximum Gasteiger partial charge on any atom is 0.319 e. The molecule has 0 unspecified atom stereocenters. The van der Waals surface area contributed by atoms with Crippen molar-refractivity contribution >= 4 is 51.1 Å². The molecule has 3 aromatic heterocycles. The van der Waals surface area contributed by atoms with Crippen LogP contribution in [0.15, 0.2) is 53.2 Å². The Morgan fingerprint density at radius 1 is 1.14 bits per heavy atom. The van der Waals surface area contributed by atoms with Crippen LogP contribution in [-0.4, -0.2) is 92.7 Å². The summed E-state index contributed by atoms with van der Waals surface area (Å²) in [4.78, 5) is 36.3. The van der Waals surface area contributed by atoms with Crippen molar-refractivity contribution in [2.75, 3.05) is 51.3 Å². The molecule has 8 rings (SSSR count). The minimum atomic E-state index is -2.86. The fourth-order valence-corrected chi connectivity index (χ4v) is 7.99. The van der Waals surface area contributed by atoms with Crippen molar-refractivity contribution in [2.24, 2.45) is 5.92 Å². The Balaban J connectivity index is 1.06. The number of fused-ring (bicyclic) bond motifs is 3. The zero-order chi connectivity index (χ0) is 35.3. The Morgan fingerprint density at radius 3 is 2.65 bits per heavy atom. The number of pyridine rings is 1. The third kappa shape index (κ3) is 6.24. The van der Waals surface area contributed by atoms with Gasteiger partial charge in [-0.2, -0.15) is 15.0 Å². The van der Waals surface area contributed by atoms with Crippen LogP contribution in [0, 0.1) is 11.7 Å². The molecule has 3 aliphatic rings. The summed E-state index contributed by atoms with van der Waals surface area (Å²) in [5, 5.41) is 5.67. The van der Waals surface area contributed by atoms with Crippen LogP contribution in [0.3, 0.4) is 0 Å². The summed E-state index contributed by atoms with van der Waals surface area (Å²) in [6.45, 7) is 3.90. The molecule has 15 heteroatoms. The molecule has 0 N–H and O–H groups in total. The highest BCUT2D eigenvalue weighted by Gasteiger charge is 2.45. The molecular weight excluding hydrogens is 685 g/mol. The number of carbonyl (C=O) groups excluding carboxylic acids is 1. The van der Waals surface area contributed by atoms with Gasteiger partial charge in [0, 0.05) is 66.9 Å². The first-order valence-corrected chi connectivity index (χ1v) is 17.3. The number of aromatic nitrogens is 5. The monoisotopic (exact) mass is 718 g/mol. The number of ether oxygens (including phenoxy) is 1. The molecule has 0 atom stereocenters. The average Bonchev–Trinajstić information content (AvgIpc) is 3.84. The fourth-order valence-electron chi connectivity index (χ4n) is 7.71. The van der Waals surface area contributed by atoms with E-state index in [9.17, 15) is 13.6 Å². The summed E-state index contributed by atoms with van der Waals surface area (Å²) in [6, 6.07) is 11.2. The van der Waals surface area contributed by atoms with E-state index in [0.29, 0.717) is 53.4 Å². The van der Waals surface area contributed by atoms with Crippen LogP contribution in [-0.2, 0) is 4.79 Å². The number of amides is 1. The van der Waals surface area contributed by atoms with Gasteiger partial charge in [-0.05, 0) is 50.2 Å². The SMILES string of the molecule is CN(CC1CN(C(=O)/C=C/c2nc(C(F)F)no2)C1)c1nc(OCC23CCCN2CCC3)nc2c(F)c(-c3cccc4cccc(Cl)c34)ncc12. The highest BCUT2D eigenvalue weighted by Crippen LogP contribution is 2.40. The van der Waals surface area contributed by atoms with E-state index >= 15 is 4.39 Å². The second-order valence-electron chi connectivity index (χ2n) is 13.5. The van der Waals surface area contributed by atoms with E-state index in [0.717, 1.165) is 44.2 Å². The molecule has 2 aromatic carbocycles. The topological polar surface area (TPSA) is 114 Å². The van der Waals surface area contributed by atoms with Gasteiger partial charge >= 0.3 is 12.4 Å². The number of hydrogen-bond acceptors (Lipinski definition) is 10. The zero-order valence-corrected chi connectivity index (χ0v) is 28.5. The van der Waals surface area contributed by atoms with Crippen molar-refractivity contribution in [3.63, 3.8) is 0 Å². The van der Waals surface area contributed by atoms with Gasteiger partial charge in [-0.3, -0.25) is 14.7 Å². The van der Waals surface area contributed by atoms with Crippen molar-refractivity contribution in [3.05, 3.63) is 71.2 Å². The van der Waals surface area contributed by atoms with Crippen molar-refractivity contribution in [1.29, 1.82) is 0 Å². The van der Waals surface area contributed by atoms with Gasteiger partial charge in [0.05, 0.1) is 10.9 Å². The maximum atomic E-state index is 16.7. The van der Waals surface area contributed by atoms with E-state index in [1.165, 1.54) is 12.2 Å². The quantitative estimate of drug-likeness (QED) is 0.147. The predicted molar refractivity (Wildman–Crippen MR) is 185 cm³/mol. The highest BCUT2D eigenvalue weighted by atomic mass is 35.5. The number of carbonyl (C=O) groups is 1. The number of rotatable bonds is 10. The zero-order valence-electron chi connectivity index (χ0n) is 27.7. The summed E-state index contributed by atoms with van der Waals surface area (Å²) in [5.74, 6) is -1.28. The van der Waals surface area contributed by atoms with Crippen LogP contribution in [0.25, 0.3) is 39.0 Å². The van der Waals surface area contributed by atoms with Crippen molar-refractivity contribution < 1.29 is 27.2 Å². The molecule has 3 aliphatic heterocycles. The Kier molecular flexibility index (Phi) is 8.75. The molecule has 3 fully saturated rings. The average molecular weight is 719 g/mol. The lowest BCUT2D eigenvalue weighted by Gasteiger charge is -2.40. The second-order valence-corrected chi connectivity index (χ2v) is 13.9. The first-order valence-electron chi connectivity index (χ1n) is 16.9. The van der Waals surface area contributed by atoms with Gasteiger partial charge in [0.2, 0.25) is 11.7 Å². The van der Waals surface area contributed by atoms with E-state index in [1.807, 2.05) is 36.2 Å². The second kappa shape index (κ2) is 13.4. The molecule has 3 saturated heterocycles. The number of hydrogen-bond donors (Lipinski definition) is 0. The molecule has 264 valence electrons. The van der Waals surface area contributed by atoms with Gasteiger partial charge in [-0.1, -0.05) is 47.1 Å². The smallest absolute Gasteiger partial charge is 0.319 e. The van der Waals surface area contributed by atoms with Crippen molar-refractivity contribution in [1.82, 2.24) is 34.9 Å². The van der Waals surface area contributed by atoms with Gasteiger partial charge in [0.1, 0.15) is 23.6 Å². The van der Waals surface area contributed by atoms with E-state index in [4.69, 9.17) is 25.8 Å². The van der Waals surface area contributed by atoms with Crippen LogP contribution >= 0.6 is 11.6 Å². The van der Waals surface area contributed by atoms with E-state index in [-0.39, 0.29) is 40.5 Å². The largest absolute Gasteiger partial charge is 0.461 e. The molecule has 5 aromatic rings. The number of alkyl halides is 2. The van der Waals surface area contributed by atoms with Crippen LogP contribution in [0.5, 0.6) is 6.01 Å². The molecule has 0 aliphatic carbocycles. The van der Waals surface area contributed by atoms with Crippen molar-refractivity contribution in [3.8, 4) is 17.3 Å². The van der Waals surface area contributed by atoms with E-state index < -0.39 is 18.1 Å². The number of benzene rings is 2. The normalized spacial score (nSPS) is 17.6. The first kappa shape index (κ1) is 33.3. The van der Waals surface area contributed by atoms with Gasteiger partial charge < -0.3 is 19.1 Å². The number of nitrogens with zero attached hydrogens (tertiary/aromatic N) is 8. The maximum absolute atomic E-state index is 16.7. The third-order valence-electron chi connectivity index (χ3n) is 10.2. The lowest BCUT2D eigenvalue weighted by atomic mass is 9.95. The van der Waals surface area contributed by atoms with E-state index in [1.54, 1.807) is 23.2 Å². The van der Waals surface area contributed by atoms with Gasteiger partial charge in [0.25, 0.3) is 5.89 Å². The number of likely N-dealkylation sites (tertiary alicyclic amines) is 1. The molecular formula is C36H34ClF3N8O3. The van der Waals surface area contributed by atoms with Crippen LogP contribution in [0.4, 0.5) is 19.0 Å². The Labute approximate surface area is 296 Å². The Morgan fingerprint density at radius 2 is 1.90 bits per heavy atom. The molecule has 11 nitrogen and oxygen atoms in total. The molecule has 0 spiro atoms. The number of anilines is 1. The highest BCUT2D eigenvalue weighted by molar-refractivity contribution is 6.36. The Hall–Kier alpha value is -4.82. The predicted octanol–water partition coefficient (Wildman–Crippen LogP) is 6.57. The third-order valence-corrected chi connectivity index (χ3v) is 10.5. The van der Waals surface area contributed by atoms with Crippen LogP contribution in [0.2, 0.25) is 5.02 Å².